The van der Waals surface area contributed by atoms with Crippen LogP contribution in [-0.2, 0) is 4.79 Å². The number of carbonyl (C=O) groups is 1. The van der Waals surface area contributed by atoms with Gasteiger partial charge in [-0.05, 0) is 37.0 Å². The molecule has 1 N–H and O–H groups in total. The van der Waals surface area contributed by atoms with Crippen LogP contribution < -0.4 is 5.32 Å². The smallest absolute Gasteiger partial charge is 0.239 e. The predicted octanol–water partition coefficient (Wildman–Crippen LogP) is 2.66. The molecule has 106 valence electrons. The van der Waals surface area contributed by atoms with E-state index in [9.17, 15) is 4.79 Å². The molecule has 0 saturated heterocycles. The maximum atomic E-state index is 12.2. The second kappa shape index (κ2) is 6.05. The van der Waals surface area contributed by atoms with E-state index in [-0.39, 0.29) is 11.9 Å². The van der Waals surface area contributed by atoms with Crippen molar-refractivity contribution in [3.63, 3.8) is 0 Å². The van der Waals surface area contributed by atoms with Crippen molar-refractivity contribution in [2.45, 2.75) is 65.5 Å². The zero-order valence-corrected chi connectivity index (χ0v) is 12.9. The largest absolute Gasteiger partial charge is 0.347 e. The van der Waals surface area contributed by atoms with Gasteiger partial charge in [-0.25, -0.2) is 0 Å². The van der Waals surface area contributed by atoms with Gasteiger partial charge in [-0.3, -0.25) is 4.79 Å². The zero-order valence-electron chi connectivity index (χ0n) is 12.9. The van der Waals surface area contributed by atoms with Crippen LogP contribution in [0.3, 0.4) is 0 Å². The molecule has 2 atom stereocenters. The summed E-state index contributed by atoms with van der Waals surface area (Å²) in [5.41, 5.74) is 0.432. The van der Waals surface area contributed by atoms with Crippen molar-refractivity contribution in [3.05, 3.63) is 0 Å². The fourth-order valence-electron chi connectivity index (χ4n) is 2.89. The van der Waals surface area contributed by atoms with E-state index >= 15 is 0 Å². The molecule has 0 spiro atoms. The Labute approximate surface area is 112 Å². The molecular weight excluding hydrogens is 224 g/mol. The maximum absolute atomic E-state index is 12.2. The molecule has 1 fully saturated rings. The summed E-state index contributed by atoms with van der Waals surface area (Å²) >= 11 is 0. The SMILES string of the molecule is CC(C)CC(NC1CCC(C)(C)C1)C(=O)N(C)C. The second-order valence-electron chi connectivity index (χ2n) is 7.19. The van der Waals surface area contributed by atoms with E-state index in [1.165, 1.54) is 19.3 Å². The van der Waals surface area contributed by atoms with Crippen LogP contribution in [0, 0.1) is 11.3 Å². The molecule has 0 bridgehead atoms. The number of rotatable bonds is 5. The first-order valence-electron chi connectivity index (χ1n) is 7.18. The Bertz CT molecular complexity index is 284. The minimum Gasteiger partial charge on any atom is -0.347 e. The minimum absolute atomic E-state index is 0.0149. The Morgan fingerprint density at radius 3 is 2.39 bits per heavy atom. The number of carbonyl (C=O) groups excluding carboxylic acids is 1. The summed E-state index contributed by atoms with van der Waals surface area (Å²) in [5, 5.41) is 3.59. The second-order valence-corrected chi connectivity index (χ2v) is 7.19. The molecule has 1 aliphatic carbocycles. The molecule has 1 saturated carbocycles. The molecule has 3 heteroatoms. The van der Waals surface area contributed by atoms with Crippen LogP contribution in [0.1, 0.15) is 53.4 Å². The third-order valence-corrected chi connectivity index (χ3v) is 3.85. The van der Waals surface area contributed by atoms with Gasteiger partial charge in [-0.1, -0.05) is 27.7 Å². The summed E-state index contributed by atoms with van der Waals surface area (Å²) in [6.45, 7) is 8.99. The van der Waals surface area contributed by atoms with Gasteiger partial charge in [0.15, 0.2) is 0 Å². The Morgan fingerprint density at radius 1 is 1.39 bits per heavy atom. The third kappa shape index (κ3) is 4.60. The summed E-state index contributed by atoms with van der Waals surface area (Å²) in [5.74, 6) is 0.759. The molecule has 0 heterocycles. The molecule has 1 rings (SSSR count). The van der Waals surface area contributed by atoms with Crippen molar-refractivity contribution in [1.29, 1.82) is 0 Å². The highest BCUT2D eigenvalue weighted by Gasteiger charge is 2.33. The lowest BCUT2D eigenvalue weighted by atomic mass is 9.91. The van der Waals surface area contributed by atoms with Crippen LogP contribution in [0.15, 0.2) is 0 Å². The molecule has 0 aromatic heterocycles. The maximum Gasteiger partial charge on any atom is 0.239 e. The van der Waals surface area contributed by atoms with Crippen molar-refractivity contribution in [1.82, 2.24) is 10.2 Å². The molecule has 0 radical (unpaired) electrons. The topological polar surface area (TPSA) is 32.3 Å². The van der Waals surface area contributed by atoms with Crippen LogP contribution in [0.5, 0.6) is 0 Å². The van der Waals surface area contributed by atoms with Gasteiger partial charge >= 0.3 is 0 Å². The van der Waals surface area contributed by atoms with Gasteiger partial charge < -0.3 is 10.2 Å². The van der Waals surface area contributed by atoms with E-state index in [1.807, 2.05) is 14.1 Å². The molecule has 18 heavy (non-hydrogen) atoms. The van der Waals surface area contributed by atoms with Crippen molar-refractivity contribution in [2.24, 2.45) is 11.3 Å². The monoisotopic (exact) mass is 254 g/mol. The average molecular weight is 254 g/mol. The van der Waals surface area contributed by atoms with Crippen molar-refractivity contribution >= 4 is 5.91 Å². The Kier molecular flexibility index (Phi) is 5.20. The molecule has 1 aliphatic rings. The molecule has 2 unspecified atom stereocenters. The van der Waals surface area contributed by atoms with E-state index in [0.29, 0.717) is 17.4 Å². The van der Waals surface area contributed by atoms with E-state index < -0.39 is 0 Å². The summed E-state index contributed by atoms with van der Waals surface area (Å²) in [4.78, 5) is 13.9. The van der Waals surface area contributed by atoms with Crippen LogP contribution in [0.4, 0.5) is 0 Å². The van der Waals surface area contributed by atoms with Gasteiger partial charge in [0.05, 0.1) is 6.04 Å². The summed E-state index contributed by atoms with van der Waals surface area (Å²) < 4.78 is 0. The van der Waals surface area contributed by atoms with E-state index in [4.69, 9.17) is 0 Å². The number of nitrogens with one attached hydrogen (secondary N) is 1. The number of nitrogens with zero attached hydrogens (tertiary/aromatic N) is 1. The van der Waals surface area contributed by atoms with Gasteiger partial charge in [0.2, 0.25) is 5.91 Å². The predicted molar refractivity (Wildman–Crippen MR) is 76.5 cm³/mol. The highest BCUT2D eigenvalue weighted by molar-refractivity contribution is 5.81. The lowest BCUT2D eigenvalue weighted by Crippen LogP contribution is -2.48. The zero-order chi connectivity index (χ0) is 13.9. The third-order valence-electron chi connectivity index (χ3n) is 3.85. The van der Waals surface area contributed by atoms with Crippen molar-refractivity contribution < 1.29 is 4.79 Å². The van der Waals surface area contributed by atoms with E-state index in [0.717, 1.165) is 6.42 Å². The first-order valence-corrected chi connectivity index (χ1v) is 7.18. The van der Waals surface area contributed by atoms with Crippen LogP contribution >= 0.6 is 0 Å². The first-order chi connectivity index (χ1) is 8.21. The van der Waals surface area contributed by atoms with E-state index in [2.05, 4.69) is 33.0 Å². The summed E-state index contributed by atoms with van der Waals surface area (Å²) in [7, 11) is 3.69. The number of hydrogen-bond acceptors (Lipinski definition) is 2. The fourth-order valence-corrected chi connectivity index (χ4v) is 2.89. The van der Waals surface area contributed by atoms with Crippen LogP contribution in [0.2, 0.25) is 0 Å². The fraction of sp³-hybridized carbons (Fsp3) is 0.933. The molecule has 0 aliphatic heterocycles. The minimum atomic E-state index is -0.0149. The number of amides is 1. The molecular formula is C15H30N2O. The normalized spacial score (nSPS) is 24.3. The van der Waals surface area contributed by atoms with Gasteiger partial charge in [0.1, 0.15) is 0 Å². The summed E-state index contributed by atoms with van der Waals surface area (Å²) in [6, 6.07) is 0.492. The quantitative estimate of drug-likeness (QED) is 0.818. The lowest BCUT2D eigenvalue weighted by molar-refractivity contribution is -0.131. The molecule has 1 amide bonds. The van der Waals surface area contributed by atoms with Crippen molar-refractivity contribution in [2.75, 3.05) is 14.1 Å². The lowest BCUT2D eigenvalue weighted by Gasteiger charge is -2.27. The van der Waals surface area contributed by atoms with Crippen molar-refractivity contribution in [3.8, 4) is 0 Å². The highest BCUT2D eigenvalue weighted by atomic mass is 16.2. The Hall–Kier alpha value is -0.570. The molecule has 0 aromatic rings. The van der Waals surface area contributed by atoms with Gasteiger partial charge in [0.25, 0.3) is 0 Å². The number of likely N-dealkylation sites (N-methyl/N-ethyl adjacent to an activating group) is 1. The Morgan fingerprint density at radius 2 is 2.00 bits per heavy atom. The number of hydrogen-bond donors (Lipinski definition) is 1. The molecule has 0 aromatic carbocycles. The van der Waals surface area contributed by atoms with Gasteiger partial charge in [-0.15, -0.1) is 0 Å². The Balaban J connectivity index is 2.59. The van der Waals surface area contributed by atoms with Crippen LogP contribution in [-0.4, -0.2) is 37.0 Å². The molecule has 3 nitrogen and oxygen atoms in total. The standard InChI is InChI=1S/C15H30N2O/c1-11(2)9-13(14(18)17(5)6)16-12-7-8-15(3,4)10-12/h11-13,16H,7-10H2,1-6H3. The summed E-state index contributed by atoms with van der Waals surface area (Å²) in [6.07, 6.45) is 4.56. The van der Waals surface area contributed by atoms with E-state index in [1.54, 1.807) is 4.90 Å². The van der Waals surface area contributed by atoms with Gasteiger partial charge in [0, 0.05) is 20.1 Å². The van der Waals surface area contributed by atoms with Gasteiger partial charge in [-0.2, -0.15) is 0 Å². The average Bonchev–Trinajstić information content (AvgIpc) is 2.55. The highest BCUT2D eigenvalue weighted by Crippen LogP contribution is 2.37. The first kappa shape index (κ1) is 15.5. The van der Waals surface area contributed by atoms with Crippen LogP contribution in [0.25, 0.3) is 0 Å².